The summed E-state index contributed by atoms with van der Waals surface area (Å²) in [4.78, 5) is 28.9. The van der Waals surface area contributed by atoms with Crippen molar-refractivity contribution in [1.29, 1.82) is 0 Å². The zero-order valence-corrected chi connectivity index (χ0v) is 15.1. The lowest BCUT2D eigenvalue weighted by Gasteiger charge is -2.44. The van der Waals surface area contributed by atoms with Crippen LogP contribution in [0.1, 0.15) is 52.9 Å². The summed E-state index contributed by atoms with van der Waals surface area (Å²) in [5, 5.41) is 0. The van der Waals surface area contributed by atoms with Gasteiger partial charge in [0.15, 0.2) is 0 Å². The SMILES string of the molecule is CC(C)(C)OC(=O)N1CC[C@H](C(=O)N2CCO[C@@H]3CCCC[C@@H]32)C1. The van der Waals surface area contributed by atoms with Crippen molar-refractivity contribution in [3.8, 4) is 0 Å². The van der Waals surface area contributed by atoms with E-state index in [1.165, 1.54) is 12.8 Å². The van der Waals surface area contributed by atoms with Gasteiger partial charge >= 0.3 is 6.09 Å². The molecule has 1 aliphatic carbocycles. The van der Waals surface area contributed by atoms with Crippen LogP contribution < -0.4 is 0 Å². The Morgan fingerprint density at radius 1 is 1.08 bits per heavy atom. The molecule has 0 aromatic carbocycles. The molecule has 6 nitrogen and oxygen atoms in total. The molecule has 3 aliphatic rings. The van der Waals surface area contributed by atoms with E-state index in [1.54, 1.807) is 4.90 Å². The van der Waals surface area contributed by atoms with Gasteiger partial charge in [0.2, 0.25) is 5.91 Å². The number of ether oxygens (including phenoxy) is 2. The van der Waals surface area contributed by atoms with Crippen LogP contribution >= 0.6 is 0 Å². The number of morpholine rings is 1. The van der Waals surface area contributed by atoms with Crippen LogP contribution in [0.3, 0.4) is 0 Å². The number of amides is 2. The van der Waals surface area contributed by atoms with Crippen LogP contribution in [0.25, 0.3) is 0 Å². The van der Waals surface area contributed by atoms with E-state index in [4.69, 9.17) is 9.47 Å². The Kier molecular flexibility index (Phi) is 5.04. The van der Waals surface area contributed by atoms with Crippen molar-refractivity contribution in [2.45, 2.75) is 70.6 Å². The molecule has 3 rings (SSSR count). The standard InChI is InChI=1S/C18H30N2O4/c1-18(2,3)24-17(22)19-9-8-13(12-19)16(21)20-10-11-23-15-7-5-4-6-14(15)20/h13-15H,4-12H2,1-3H3/t13-,14-,15+/m0/s1. The topological polar surface area (TPSA) is 59.1 Å². The highest BCUT2D eigenvalue weighted by atomic mass is 16.6. The molecule has 2 amide bonds. The minimum atomic E-state index is -0.501. The average molecular weight is 338 g/mol. The Balaban J connectivity index is 1.59. The number of carbonyl (C=O) groups excluding carboxylic acids is 2. The Bertz CT molecular complexity index is 486. The summed E-state index contributed by atoms with van der Waals surface area (Å²) < 4.78 is 11.3. The summed E-state index contributed by atoms with van der Waals surface area (Å²) in [5.74, 6) is 0.0967. The highest BCUT2D eigenvalue weighted by Crippen LogP contribution is 2.31. The summed E-state index contributed by atoms with van der Waals surface area (Å²) in [6, 6.07) is 0.232. The number of rotatable bonds is 1. The fourth-order valence-electron chi connectivity index (χ4n) is 4.06. The zero-order valence-electron chi connectivity index (χ0n) is 15.1. The third-order valence-corrected chi connectivity index (χ3v) is 5.20. The van der Waals surface area contributed by atoms with E-state index in [0.717, 1.165) is 19.3 Å². The first-order valence-corrected chi connectivity index (χ1v) is 9.25. The summed E-state index contributed by atoms with van der Waals surface area (Å²) in [6.45, 7) is 7.98. The van der Waals surface area contributed by atoms with E-state index in [2.05, 4.69) is 0 Å². The maximum absolute atomic E-state index is 13.0. The lowest BCUT2D eigenvalue weighted by atomic mass is 9.89. The molecule has 2 aliphatic heterocycles. The maximum Gasteiger partial charge on any atom is 0.410 e. The molecule has 0 spiro atoms. The molecule has 6 heteroatoms. The second kappa shape index (κ2) is 6.90. The third-order valence-electron chi connectivity index (χ3n) is 5.20. The highest BCUT2D eigenvalue weighted by Gasteiger charge is 2.41. The van der Waals surface area contributed by atoms with Gasteiger partial charge in [-0.05, 0) is 40.0 Å². The highest BCUT2D eigenvalue weighted by molar-refractivity contribution is 5.81. The van der Waals surface area contributed by atoms with Crippen LogP contribution in [0, 0.1) is 5.92 Å². The van der Waals surface area contributed by atoms with E-state index in [1.807, 2.05) is 25.7 Å². The van der Waals surface area contributed by atoms with Gasteiger partial charge in [0.1, 0.15) is 5.60 Å². The van der Waals surface area contributed by atoms with Gasteiger partial charge in [-0.25, -0.2) is 4.79 Å². The lowest BCUT2D eigenvalue weighted by molar-refractivity contribution is -0.153. The first kappa shape index (κ1) is 17.5. The largest absolute Gasteiger partial charge is 0.444 e. The van der Waals surface area contributed by atoms with Gasteiger partial charge in [0.25, 0.3) is 0 Å². The van der Waals surface area contributed by atoms with Crippen LogP contribution in [-0.4, -0.2) is 65.8 Å². The minimum absolute atomic E-state index is 0.0989. The van der Waals surface area contributed by atoms with Crippen LogP contribution in [0.15, 0.2) is 0 Å². The fraction of sp³-hybridized carbons (Fsp3) is 0.889. The van der Waals surface area contributed by atoms with Gasteiger partial charge in [0.05, 0.1) is 24.7 Å². The van der Waals surface area contributed by atoms with Crippen molar-refractivity contribution >= 4 is 12.0 Å². The monoisotopic (exact) mass is 338 g/mol. The lowest BCUT2D eigenvalue weighted by Crippen LogP contribution is -2.56. The van der Waals surface area contributed by atoms with E-state index >= 15 is 0 Å². The molecule has 136 valence electrons. The van der Waals surface area contributed by atoms with Crippen LogP contribution in [0.4, 0.5) is 4.79 Å². The molecule has 3 fully saturated rings. The van der Waals surface area contributed by atoms with Crippen molar-refractivity contribution in [3.63, 3.8) is 0 Å². The maximum atomic E-state index is 13.0. The Labute approximate surface area is 144 Å². The van der Waals surface area contributed by atoms with Crippen molar-refractivity contribution in [3.05, 3.63) is 0 Å². The second-order valence-corrected chi connectivity index (χ2v) is 8.20. The summed E-state index contributed by atoms with van der Waals surface area (Å²) >= 11 is 0. The second-order valence-electron chi connectivity index (χ2n) is 8.20. The Morgan fingerprint density at radius 2 is 1.83 bits per heavy atom. The normalized spacial score (nSPS) is 30.9. The number of likely N-dealkylation sites (tertiary alicyclic amines) is 1. The molecular formula is C18H30N2O4. The molecular weight excluding hydrogens is 308 g/mol. The van der Waals surface area contributed by atoms with Crippen molar-refractivity contribution in [2.24, 2.45) is 5.92 Å². The van der Waals surface area contributed by atoms with Gasteiger partial charge in [0, 0.05) is 19.6 Å². The van der Waals surface area contributed by atoms with E-state index in [9.17, 15) is 9.59 Å². The predicted molar refractivity (Wildman–Crippen MR) is 89.6 cm³/mol. The summed E-state index contributed by atoms with van der Waals surface area (Å²) in [6.07, 6.45) is 5.09. The van der Waals surface area contributed by atoms with Crippen LogP contribution in [-0.2, 0) is 14.3 Å². The molecule has 0 radical (unpaired) electrons. The zero-order chi connectivity index (χ0) is 17.3. The van der Waals surface area contributed by atoms with Gasteiger partial charge in [-0.3, -0.25) is 4.79 Å². The minimum Gasteiger partial charge on any atom is -0.444 e. The molecule has 1 saturated carbocycles. The van der Waals surface area contributed by atoms with Gasteiger partial charge in [-0.2, -0.15) is 0 Å². The van der Waals surface area contributed by atoms with Crippen molar-refractivity contribution < 1.29 is 19.1 Å². The summed E-state index contributed by atoms with van der Waals surface area (Å²) in [7, 11) is 0. The fourth-order valence-corrected chi connectivity index (χ4v) is 4.06. The van der Waals surface area contributed by atoms with Gasteiger partial charge < -0.3 is 19.3 Å². The van der Waals surface area contributed by atoms with E-state index in [0.29, 0.717) is 26.2 Å². The Morgan fingerprint density at radius 3 is 2.58 bits per heavy atom. The quantitative estimate of drug-likeness (QED) is 0.737. The summed E-state index contributed by atoms with van der Waals surface area (Å²) in [5.41, 5.74) is -0.501. The molecule has 0 aromatic rings. The van der Waals surface area contributed by atoms with Crippen molar-refractivity contribution in [2.75, 3.05) is 26.2 Å². The van der Waals surface area contributed by atoms with Crippen molar-refractivity contribution in [1.82, 2.24) is 9.80 Å². The van der Waals surface area contributed by atoms with E-state index < -0.39 is 5.60 Å². The average Bonchev–Trinajstić information content (AvgIpc) is 3.02. The molecule has 0 unspecified atom stereocenters. The molecule has 0 bridgehead atoms. The molecule has 2 heterocycles. The molecule has 2 saturated heterocycles. The molecule has 24 heavy (non-hydrogen) atoms. The van der Waals surface area contributed by atoms with Gasteiger partial charge in [-0.1, -0.05) is 12.8 Å². The number of fused-ring (bicyclic) bond motifs is 1. The number of nitrogens with zero attached hydrogens (tertiary/aromatic N) is 2. The first-order valence-electron chi connectivity index (χ1n) is 9.25. The van der Waals surface area contributed by atoms with Crippen LogP contribution in [0.2, 0.25) is 0 Å². The molecule has 0 aromatic heterocycles. The number of carbonyl (C=O) groups is 2. The molecule has 0 N–H and O–H groups in total. The smallest absolute Gasteiger partial charge is 0.410 e. The number of hydrogen-bond acceptors (Lipinski definition) is 4. The van der Waals surface area contributed by atoms with Crippen LogP contribution in [0.5, 0.6) is 0 Å². The van der Waals surface area contributed by atoms with E-state index in [-0.39, 0.29) is 30.1 Å². The Hall–Kier alpha value is -1.30. The first-order chi connectivity index (χ1) is 11.3. The third kappa shape index (κ3) is 3.85. The van der Waals surface area contributed by atoms with Gasteiger partial charge in [-0.15, -0.1) is 0 Å². The number of hydrogen-bond donors (Lipinski definition) is 0. The predicted octanol–water partition coefficient (Wildman–Crippen LogP) is 2.41. The molecule has 3 atom stereocenters.